The molecule has 0 aliphatic carbocycles. The number of nitriles is 1. The average molecular weight is 251 g/mol. The van der Waals surface area contributed by atoms with Crippen LogP contribution in [0.15, 0.2) is 24.3 Å². The largest absolute Gasteiger partial charge is 1.00 e. The molecule has 0 aromatic heterocycles. The first kappa shape index (κ1) is 16.2. The molecule has 0 spiro atoms. The molecule has 0 radical (unpaired) electrons. The maximum absolute atomic E-state index is 12.3. The van der Waals surface area contributed by atoms with E-state index in [0.29, 0.717) is 5.56 Å². The Bertz CT molecular complexity index is 392. The zero-order chi connectivity index (χ0) is 11.7. The van der Waals surface area contributed by atoms with Gasteiger partial charge in [-0.15, -0.1) is 5.46 Å². The van der Waals surface area contributed by atoms with E-state index in [9.17, 15) is 12.9 Å². The summed E-state index contributed by atoms with van der Waals surface area (Å²) in [4.78, 5) is 0. The molecule has 0 saturated carbocycles. The number of hydrogen-bond donors (Lipinski definition) is 0. The molecule has 0 atom stereocenters. The van der Waals surface area contributed by atoms with Crippen LogP contribution in [-0.2, 0) is 5.41 Å². The Morgan fingerprint density at radius 3 is 1.88 bits per heavy atom. The van der Waals surface area contributed by atoms with Crippen molar-refractivity contribution in [2.45, 2.75) is 19.3 Å². The number of rotatable bonds is 2. The van der Waals surface area contributed by atoms with Crippen LogP contribution in [0.25, 0.3) is 0 Å². The van der Waals surface area contributed by atoms with Gasteiger partial charge in [0.1, 0.15) is 0 Å². The second kappa shape index (κ2) is 5.70. The Hall–Kier alpha value is 0.201. The van der Waals surface area contributed by atoms with Crippen molar-refractivity contribution in [3.8, 4) is 6.07 Å². The van der Waals surface area contributed by atoms with Crippen molar-refractivity contribution in [2.24, 2.45) is 0 Å². The average Bonchev–Trinajstić information content (AvgIpc) is 2.17. The molecular formula is C10H10BF3KN. The summed E-state index contributed by atoms with van der Waals surface area (Å²) >= 11 is 0. The van der Waals surface area contributed by atoms with Gasteiger partial charge in [-0.1, -0.05) is 24.3 Å². The molecule has 1 nitrogen and oxygen atoms in total. The summed E-state index contributed by atoms with van der Waals surface area (Å²) in [6, 6.07) is 6.79. The number of halogens is 3. The van der Waals surface area contributed by atoms with Crippen LogP contribution in [0.4, 0.5) is 12.9 Å². The molecule has 1 aromatic carbocycles. The molecule has 0 aliphatic rings. The summed E-state index contributed by atoms with van der Waals surface area (Å²) in [6.45, 7) is -1.61. The minimum absolute atomic E-state index is 0. The van der Waals surface area contributed by atoms with Crippen LogP contribution in [0, 0.1) is 11.3 Å². The minimum atomic E-state index is -4.95. The summed E-state index contributed by atoms with van der Waals surface area (Å²) in [5, 5.41) is 8.81. The fourth-order valence-electron chi connectivity index (χ4n) is 1.18. The Labute approximate surface area is 136 Å². The van der Waals surface area contributed by atoms with Gasteiger partial charge in [0.15, 0.2) is 0 Å². The van der Waals surface area contributed by atoms with Gasteiger partial charge >= 0.3 is 58.4 Å². The van der Waals surface area contributed by atoms with Crippen molar-refractivity contribution in [3.05, 3.63) is 29.8 Å². The fraction of sp³-hybridized carbons (Fsp3) is 0.300. The molecule has 0 saturated heterocycles. The summed E-state index contributed by atoms with van der Waals surface area (Å²) in [7, 11) is 0. The van der Waals surface area contributed by atoms with Crippen molar-refractivity contribution in [2.75, 3.05) is 0 Å². The van der Waals surface area contributed by atoms with E-state index in [1.807, 2.05) is 6.07 Å². The molecule has 0 fully saturated rings. The van der Waals surface area contributed by atoms with E-state index in [2.05, 4.69) is 0 Å². The molecule has 0 aliphatic heterocycles. The maximum Gasteiger partial charge on any atom is 1.00 e. The number of hydrogen-bond acceptors (Lipinski definition) is 1. The minimum Gasteiger partial charge on any atom is -0.445 e. The van der Waals surface area contributed by atoms with Crippen LogP contribution < -0.4 is 56.8 Å². The zero-order valence-electron chi connectivity index (χ0n) is 9.47. The molecule has 0 N–H and O–H groups in total. The van der Waals surface area contributed by atoms with Crippen LogP contribution in [0.1, 0.15) is 19.4 Å². The van der Waals surface area contributed by atoms with Crippen LogP contribution in [0.5, 0.6) is 0 Å². The molecule has 80 valence electrons. The van der Waals surface area contributed by atoms with E-state index < -0.39 is 17.9 Å². The van der Waals surface area contributed by atoms with E-state index >= 15 is 0 Å². The number of benzene rings is 1. The molecular weight excluding hydrogens is 241 g/mol. The SMILES string of the molecule is CC(C)(C#N)c1ccc([B-](F)(F)F)cc1.[K+]. The molecule has 1 aromatic rings. The van der Waals surface area contributed by atoms with Crippen molar-refractivity contribution < 1.29 is 64.3 Å². The summed E-state index contributed by atoms with van der Waals surface area (Å²) < 4.78 is 36.9. The van der Waals surface area contributed by atoms with E-state index in [-0.39, 0.29) is 51.4 Å². The van der Waals surface area contributed by atoms with Gasteiger partial charge in [0, 0.05) is 0 Å². The van der Waals surface area contributed by atoms with Gasteiger partial charge in [-0.3, -0.25) is 0 Å². The monoisotopic (exact) mass is 251 g/mol. The van der Waals surface area contributed by atoms with Crippen LogP contribution >= 0.6 is 0 Å². The van der Waals surface area contributed by atoms with Gasteiger partial charge < -0.3 is 12.9 Å². The van der Waals surface area contributed by atoms with E-state index in [0.717, 1.165) is 12.1 Å². The summed E-state index contributed by atoms with van der Waals surface area (Å²) in [5.41, 5.74) is -0.793. The van der Waals surface area contributed by atoms with Gasteiger partial charge in [-0.25, -0.2) is 0 Å². The molecule has 0 unspecified atom stereocenters. The predicted octanol–water partition coefficient (Wildman–Crippen LogP) is -0.454. The maximum atomic E-state index is 12.3. The van der Waals surface area contributed by atoms with Gasteiger partial charge in [-0.2, -0.15) is 5.26 Å². The van der Waals surface area contributed by atoms with Crippen molar-refractivity contribution in [3.63, 3.8) is 0 Å². The Balaban J connectivity index is 0.00000225. The summed E-state index contributed by atoms with van der Waals surface area (Å²) in [5.74, 6) is 0. The van der Waals surface area contributed by atoms with Crippen LogP contribution in [0.2, 0.25) is 0 Å². The predicted molar refractivity (Wildman–Crippen MR) is 53.8 cm³/mol. The second-order valence-electron chi connectivity index (χ2n) is 3.93. The zero-order valence-corrected chi connectivity index (χ0v) is 12.6. The normalized spacial score (nSPS) is 11.5. The first-order chi connectivity index (χ1) is 6.77. The van der Waals surface area contributed by atoms with Gasteiger partial charge in [0.25, 0.3) is 0 Å². The third kappa shape index (κ3) is 3.90. The quantitative estimate of drug-likeness (QED) is 0.653. The molecule has 0 heterocycles. The molecule has 0 bridgehead atoms. The van der Waals surface area contributed by atoms with E-state index in [1.165, 1.54) is 12.1 Å². The fourth-order valence-corrected chi connectivity index (χ4v) is 1.18. The van der Waals surface area contributed by atoms with Crippen molar-refractivity contribution >= 4 is 12.4 Å². The second-order valence-corrected chi connectivity index (χ2v) is 3.93. The Kier molecular flexibility index (Phi) is 5.77. The Morgan fingerprint density at radius 2 is 1.56 bits per heavy atom. The van der Waals surface area contributed by atoms with Crippen LogP contribution in [0.3, 0.4) is 0 Å². The van der Waals surface area contributed by atoms with E-state index in [1.54, 1.807) is 13.8 Å². The summed E-state index contributed by atoms with van der Waals surface area (Å²) in [6.07, 6.45) is 0. The van der Waals surface area contributed by atoms with Crippen LogP contribution in [-0.4, -0.2) is 6.98 Å². The topological polar surface area (TPSA) is 23.8 Å². The first-order valence-corrected chi connectivity index (χ1v) is 4.49. The first-order valence-electron chi connectivity index (χ1n) is 4.49. The van der Waals surface area contributed by atoms with Crippen molar-refractivity contribution in [1.82, 2.24) is 0 Å². The van der Waals surface area contributed by atoms with Gasteiger partial charge in [-0.05, 0) is 19.4 Å². The van der Waals surface area contributed by atoms with Gasteiger partial charge in [0.05, 0.1) is 11.5 Å². The number of nitrogens with zero attached hydrogens (tertiary/aromatic N) is 1. The molecule has 0 amide bonds. The van der Waals surface area contributed by atoms with E-state index in [4.69, 9.17) is 5.26 Å². The third-order valence-electron chi connectivity index (χ3n) is 2.29. The van der Waals surface area contributed by atoms with Gasteiger partial charge in [0.2, 0.25) is 0 Å². The molecule has 16 heavy (non-hydrogen) atoms. The molecule has 1 rings (SSSR count). The molecule has 6 heteroatoms. The standard InChI is InChI=1S/C10H10BF3N.K/c1-10(2,7-15)8-3-5-9(6-4-8)11(12,13)14;/h3-6H,1-2H3;/q-1;+1. The van der Waals surface area contributed by atoms with Crippen molar-refractivity contribution in [1.29, 1.82) is 5.26 Å². The third-order valence-corrected chi connectivity index (χ3v) is 2.29. The Morgan fingerprint density at radius 1 is 1.12 bits per heavy atom. The smallest absolute Gasteiger partial charge is 0.445 e.